The lowest BCUT2D eigenvalue weighted by molar-refractivity contribution is 0.0846. The Bertz CT molecular complexity index is 659. The van der Waals surface area contributed by atoms with Crippen molar-refractivity contribution in [2.24, 2.45) is 0 Å². The van der Waals surface area contributed by atoms with E-state index >= 15 is 0 Å². The molecule has 21 heavy (non-hydrogen) atoms. The molecular weight excluding hydrogens is 336 g/mol. The van der Waals surface area contributed by atoms with Crippen molar-refractivity contribution in [1.29, 1.82) is 0 Å². The third-order valence-electron chi connectivity index (χ3n) is 2.74. The lowest BCUT2D eigenvalue weighted by Gasteiger charge is -2.09. The molecule has 2 N–H and O–H groups in total. The van der Waals surface area contributed by atoms with Gasteiger partial charge in [0.25, 0.3) is 11.8 Å². The van der Waals surface area contributed by atoms with Crippen LogP contribution in [-0.4, -0.2) is 18.9 Å². The maximum atomic E-state index is 11.9. The summed E-state index contributed by atoms with van der Waals surface area (Å²) in [6.45, 7) is 0. The molecule has 2 aromatic carbocycles. The number of carbonyl (C=O) groups excluding carboxylic acids is 2. The van der Waals surface area contributed by atoms with Crippen LogP contribution in [0.25, 0.3) is 0 Å². The standard InChI is InChI=1S/C15H13BrN2O3/c1-21-13-8-7-11(9-12(13)16)15(20)18-17-14(19)10-5-3-2-4-6-10/h2-9H,1H3,(H,17,19)(H,18,20). The van der Waals surface area contributed by atoms with Gasteiger partial charge in [-0.25, -0.2) is 0 Å². The van der Waals surface area contributed by atoms with Crippen LogP contribution in [0.15, 0.2) is 53.0 Å². The molecule has 0 aromatic heterocycles. The molecule has 6 heteroatoms. The molecule has 0 bridgehead atoms. The van der Waals surface area contributed by atoms with Gasteiger partial charge in [0.2, 0.25) is 0 Å². The van der Waals surface area contributed by atoms with E-state index in [0.717, 1.165) is 0 Å². The molecule has 0 aliphatic heterocycles. The fourth-order valence-corrected chi connectivity index (χ4v) is 2.20. The van der Waals surface area contributed by atoms with Gasteiger partial charge in [-0.1, -0.05) is 18.2 Å². The van der Waals surface area contributed by atoms with E-state index in [2.05, 4.69) is 26.8 Å². The van der Waals surface area contributed by atoms with Gasteiger partial charge in [0.15, 0.2) is 0 Å². The van der Waals surface area contributed by atoms with Crippen LogP contribution in [-0.2, 0) is 0 Å². The number of rotatable bonds is 3. The van der Waals surface area contributed by atoms with E-state index in [4.69, 9.17) is 4.74 Å². The fraction of sp³-hybridized carbons (Fsp3) is 0.0667. The number of hydrogen-bond donors (Lipinski definition) is 2. The predicted octanol–water partition coefficient (Wildman–Crippen LogP) is 2.53. The molecule has 0 saturated heterocycles. The quantitative estimate of drug-likeness (QED) is 0.837. The zero-order chi connectivity index (χ0) is 15.2. The Morgan fingerprint density at radius 3 is 2.14 bits per heavy atom. The molecule has 5 nitrogen and oxygen atoms in total. The van der Waals surface area contributed by atoms with Crippen LogP contribution in [0, 0.1) is 0 Å². The van der Waals surface area contributed by atoms with Crippen LogP contribution >= 0.6 is 15.9 Å². The zero-order valence-corrected chi connectivity index (χ0v) is 12.8. The first kappa shape index (κ1) is 15.1. The van der Waals surface area contributed by atoms with Crippen LogP contribution in [0.5, 0.6) is 5.75 Å². The van der Waals surface area contributed by atoms with Gasteiger partial charge in [0.1, 0.15) is 5.75 Å². The minimum absolute atomic E-state index is 0.378. The largest absolute Gasteiger partial charge is 0.496 e. The Labute approximate surface area is 130 Å². The van der Waals surface area contributed by atoms with Gasteiger partial charge in [0.05, 0.1) is 11.6 Å². The maximum Gasteiger partial charge on any atom is 0.269 e. The molecule has 0 fully saturated rings. The first-order valence-corrected chi connectivity index (χ1v) is 6.90. The molecule has 0 radical (unpaired) electrons. The highest BCUT2D eigenvalue weighted by atomic mass is 79.9. The summed E-state index contributed by atoms with van der Waals surface area (Å²) in [6.07, 6.45) is 0. The predicted molar refractivity (Wildman–Crippen MR) is 82.1 cm³/mol. The number of halogens is 1. The minimum Gasteiger partial charge on any atom is -0.496 e. The topological polar surface area (TPSA) is 67.4 Å². The van der Waals surface area contributed by atoms with E-state index in [1.165, 1.54) is 0 Å². The summed E-state index contributed by atoms with van der Waals surface area (Å²) in [5, 5.41) is 0. The molecular formula is C15H13BrN2O3. The summed E-state index contributed by atoms with van der Waals surface area (Å²) >= 11 is 3.30. The molecule has 0 heterocycles. The normalized spacial score (nSPS) is 9.81. The maximum absolute atomic E-state index is 11.9. The number of hydrazine groups is 1. The highest BCUT2D eigenvalue weighted by Crippen LogP contribution is 2.25. The summed E-state index contributed by atoms with van der Waals surface area (Å²) in [5.41, 5.74) is 5.59. The number of methoxy groups -OCH3 is 1. The minimum atomic E-state index is -0.414. The van der Waals surface area contributed by atoms with E-state index in [-0.39, 0.29) is 5.91 Å². The summed E-state index contributed by atoms with van der Waals surface area (Å²) in [7, 11) is 1.54. The second-order valence-electron chi connectivity index (χ2n) is 4.12. The Kier molecular flexibility index (Phi) is 4.94. The van der Waals surface area contributed by atoms with Crippen molar-refractivity contribution in [2.75, 3.05) is 7.11 Å². The van der Waals surface area contributed by atoms with Crippen LogP contribution in [0.1, 0.15) is 20.7 Å². The van der Waals surface area contributed by atoms with E-state index in [0.29, 0.717) is 21.3 Å². The lowest BCUT2D eigenvalue weighted by Crippen LogP contribution is -2.41. The molecule has 0 unspecified atom stereocenters. The number of hydrogen-bond acceptors (Lipinski definition) is 3. The molecule has 2 aromatic rings. The lowest BCUT2D eigenvalue weighted by atomic mass is 10.2. The number of amides is 2. The molecule has 108 valence electrons. The smallest absolute Gasteiger partial charge is 0.269 e. The van der Waals surface area contributed by atoms with Crippen LogP contribution in [0.2, 0.25) is 0 Å². The van der Waals surface area contributed by atoms with Gasteiger partial charge in [0, 0.05) is 11.1 Å². The zero-order valence-electron chi connectivity index (χ0n) is 11.2. The van der Waals surface area contributed by atoms with E-state index in [9.17, 15) is 9.59 Å². The van der Waals surface area contributed by atoms with Gasteiger partial charge in [-0.15, -0.1) is 0 Å². The second kappa shape index (κ2) is 6.90. The first-order valence-electron chi connectivity index (χ1n) is 6.11. The molecule has 0 aliphatic rings. The van der Waals surface area contributed by atoms with Crippen molar-refractivity contribution in [1.82, 2.24) is 10.9 Å². The number of carbonyl (C=O) groups is 2. The van der Waals surface area contributed by atoms with Gasteiger partial charge in [-0.05, 0) is 46.3 Å². The molecule has 2 rings (SSSR count). The van der Waals surface area contributed by atoms with Crippen molar-refractivity contribution in [3.05, 3.63) is 64.1 Å². The van der Waals surface area contributed by atoms with Crippen LogP contribution in [0.3, 0.4) is 0 Å². The Morgan fingerprint density at radius 2 is 1.57 bits per heavy atom. The SMILES string of the molecule is COc1ccc(C(=O)NNC(=O)c2ccccc2)cc1Br. The summed E-state index contributed by atoms with van der Waals surface area (Å²) < 4.78 is 5.75. The Hall–Kier alpha value is -2.34. The summed E-state index contributed by atoms with van der Waals surface area (Å²) in [6, 6.07) is 13.5. The van der Waals surface area contributed by atoms with Crippen molar-refractivity contribution >= 4 is 27.7 Å². The van der Waals surface area contributed by atoms with Gasteiger partial charge in [-0.3, -0.25) is 20.4 Å². The average molecular weight is 349 g/mol. The van der Waals surface area contributed by atoms with Crippen LogP contribution < -0.4 is 15.6 Å². The van der Waals surface area contributed by atoms with E-state index in [1.54, 1.807) is 49.6 Å². The molecule has 0 atom stereocenters. The average Bonchev–Trinajstić information content (AvgIpc) is 2.53. The highest BCUT2D eigenvalue weighted by Gasteiger charge is 2.10. The van der Waals surface area contributed by atoms with E-state index in [1.807, 2.05) is 6.07 Å². The van der Waals surface area contributed by atoms with Crippen molar-refractivity contribution in [3.8, 4) is 5.75 Å². The van der Waals surface area contributed by atoms with E-state index < -0.39 is 5.91 Å². The van der Waals surface area contributed by atoms with Crippen molar-refractivity contribution in [3.63, 3.8) is 0 Å². The van der Waals surface area contributed by atoms with Gasteiger partial charge < -0.3 is 4.74 Å². The fourth-order valence-electron chi connectivity index (χ4n) is 1.66. The van der Waals surface area contributed by atoms with Gasteiger partial charge in [-0.2, -0.15) is 0 Å². The summed E-state index contributed by atoms with van der Waals surface area (Å²) in [5.74, 6) is -0.168. The molecule has 0 aliphatic carbocycles. The van der Waals surface area contributed by atoms with Crippen LogP contribution in [0.4, 0.5) is 0 Å². The third kappa shape index (κ3) is 3.82. The third-order valence-corrected chi connectivity index (χ3v) is 3.36. The number of benzene rings is 2. The number of nitrogens with one attached hydrogen (secondary N) is 2. The summed E-state index contributed by atoms with van der Waals surface area (Å²) in [4.78, 5) is 23.7. The molecule has 2 amide bonds. The van der Waals surface area contributed by atoms with Gasteiger partial charge >= 0.3 is 0 Å². The number of ether oxygens (including phenoxy) is 1. The first-order chi connectivity index (χ1) is 10.1. The Balaban J connectivity index is 1.99. The monoisotopic (exact) mass is 348 g/mol. The molecule has 0 spiro atoms. The van der Waals surface area contributed by atoms with Crippen molar-refractivity contribution in [2.45, 2.75) is 0 Å². The van der Waals surface area contributed by atoms with Crippen molar-refractivity contribution < 1.29 is 14.3 Å². The second-order valence-corrected chi connectivity index (χ2v) is 4.98. The Morgan fingerprint density at radius 1 is 0.952 bits per heavy atom. The highest BCUT2D eigenvalue weighted by molar-refractivity contribution is 9.10. The molecule has 0 saturated carbocycles.